The molecule has 3 atom stereocenters. The summed E-state index contributed by atoms with van der Waals surface area (Å²) in [5.41, 5.74) is 0.260. The second-order valence-corrected chi connectivity index (χ2v) is 10.8. The first-order valence-electron chi connectivity index (χ1n) is 8.11. The molecular formula is C17H32N2O3S. The first kappa shape index (κ1) is 20.3. The van der Waals surface area contributed by atoms with E-state index in [2.05, 4.69) is 23.6 Å². The van der Waals surface area contributed by atoms with Crippen LogP contribution in [0, 0.1) is 11.3 Å². The lowest BCUT2D eigenvalue weighted by atomic mass is 9.57. The van der Waals surface area contributed by atoms with Crippen molar-refractivity contribution >= 4 is 23.2 Å². The lowest BCUT2D eigenvalue weighted by molar-refractivity contribution is 0.0208. The molecule has 1 N–H and O–H groups in total. The van der Waals surface area contributed by atoms with Crippen molar-refractivity contribution in [2.75, 3.05) is 0 Å². The van der Waals surface area contributed by atoms with Crippen molar-refractivity contribution in [3.05, 3.63) is 0 Å². The van der Waals surface area contributed by atoms with E-state index in [0.29, 0.717) is 0 Å². The fourth-order valence-electron chi connectivity index (χ4n) is 2.66. The van der Waals surface area contributed by atoms with E-state index < -0.39 is 17.0 Å². The monoisotopic (exact) mass is 344 g/mol. The van der Waals surface area contributed by atoms with Crippen LogP contribution in [0.1, 0.15) is 68.7 Å². The van der Waals surface area contributed by atoms with Gasteiger partial charge in [-0.3, -0.25) is 0 Å². The summed E-state index contributed by atoms with van der Waals surface area (Å²) >= 11 is -1.25. The zero-order chi connectivity index (χ0) is 18.2. The first-order chi connectivity index (χ1) is 10.1. The molecule has 6 heteroatoms. The SMILES string of the molecule is CC(=N[S+]([O-])C(C)(C)C)[C@H]1C[C@@H](NC(=O)OC(C)(C)C)C1(C)C. The summed E-state index contributed by atoms with van der Waals surface area (Å²) in [7, 11) is 0. The maximum absolute atomic E-state index is 12.2. The fraction of sp³-hybridized carbons (Fsp3) is 0.882. The topological polar surface area (TPSA) is 73.8 Å². The molecule has 0 bridgehead atoms. The molecule has 1 unspecified atom stereocenters. The molecule has 0 aromatic rings. The zero-order valence-corrected chi connectivity index (χ0v) is 16.8. The Labute approximate surface area is 144 Å². The van der Waals surface area contributed by atoms with Gasteiger partial charge >= 0.3 is 6.09 Å². The zero-order valence-electron chi connectivity index (χ0n) is 15.9. The van der Waals surface area contributed by atoms with E-state index in [1.807, 2.05) is 48.5 Å². The number of carbonyl (C=O) groups excluding carboxylic acids is 1. The Morgan fingerprint density at radius 3 is 2.17 bits per heavy atom. The standard InChI is InChI=1S/C17H32N2O3S/c1-11(19-23(21)16(5,6)7)12-10-13(17(12,8)9)18-14(20)22-15(2,3)4/h12-13H,10H2,1-9H3,(H,18,20)/t12-,13-,23?/m1/s1. The molecular weight excluding hydrogens is 312 g/mol. The number of hydrogen-bond donors (Lipinski definition) is 1. The molecule has 0 radical (unpaired) electrons. The smallest absolute Gasteiger partial charge is 0.407 e. The van der Waals surface area contributed by atoms with Gasteiger partial charge in [0.2, 0.25) is 0 Å². The summed E-state index contributed by atoms with van der Waals surface area (Å²) in [6.07, 6.45) is 0.407. The molecule has 1 amide bonds. The maximum Gasteiger partial charge on any atom is 0.407 e. The van der Waals surface area contributed by atoms with Crippen LogP contribution in [0.2, 0.25) is 0 Å². The highest BCUT2D eigenvalue weighted by atomic mass is 32.2. The maximum atomic E-state index is 12.2. The van der Waals surface area contributed by atoms with Crippen LogP contribution < -0.4 is 5.32 Å². The van der Waals surface area contributed by atoms with E-state index in [4.69, 9.17) is 4.74 Å². The Morgan fingerprint density at radius 1 is 1.26 bits per heavy atom. The molecule has 0 heterocycles. The van der Waals surface area contributed by atoms with Crippen LogP contribution in [-0.4, -0.2) is 32.7 Å². The number of nitrogens with zero attached hydrogens (tertiary/aromatic N) is 1. The van der Waals surface area contributed by atoms with Gasteiger partial charge in [-0.25, -0.2) is 4.79 Å². The Kier molecular flexibility index (Phi) is 5.85. The highest BCUT2D eigenvalue weighted by molar-refractivity contribution is 7.91. The van der Waals surface area contributed by atoms with Gasteiger partial charge in [-0.15, -0.1) is 0 Å². The summed E-state index contributed by atoms with van der Waals surface area (Å²) in [5.74, 6) is 0.216. The van der Waals surface area contributed by atoms with Crippen LogP contribution in [-0.2, 0) is 16.1 Å². The van der Waals surface area contributed by atoms with Crippen molar-refractivity contribution in [2.24, 2.45) is 15.7 Å². The van der Waals surface area contributed by atoms with Crippen molar-refractivity contribution in [1.29, 1.82) is 0 Å². The minimum atomic E-state index is -1.25. The van der Waals surface area contributed by atoms with Crippen LogP contribution in [0.5, 0.6) is 0 Å². The van der Waals surface area contributed by atoms with Crippen LogP contribution in [0.15, 0.2) is 4.40 Å². The summed E-state index contributed by atoms with van der Waals surface area (Å²) < 4.78 is 21.5. The predicted molar refractivity (Wildman–Crippen MR) is 96.1 cm³/mol. The first-order valence-corrected chi connectivity index (χ1v) is 9.22. The molecule has 1 rings (SSSR count). The summed E-state index contributed by atoms with van der Waals surface area (Å²) in [6, 6.07) is 0.0376. The van der Waals surface area contributed by atoms with Crippen LogP contribution in [0.25, 0.3) is 0 Å². The Morgan fingerprint density at radius 2 is 1.78 bits per heavy atom. The van der Waals surface area contributed by atoms with Crippen LogP contribution in [0.4, 0.5) is 4.79 Å². The molecule has 5 nitrogen and oxygen atoms in total. The van der Waals surface area contributed by atoms with E-state index >= 15 is 0 Å². The van der Waals surface area contributed by atoms with Crippen LogP contribution in [0.3, 0.4) is 0 Å². The van der Waals surface area contributed by atoms with Gasteiger partial charge in [0.15, 0.2) is 0 Å². The number of ether oxygens (including phenoxy) is 1. The Hall–Kier alpha value is -0.750. The number of rotatable bonds is 3. The molecule has 134 valence electrons. The Balaban J connectivity index is 2.68. The molecule has 0 saturated heterocycles. The van der Waals surface area contributed by atoms with E-state index in [-0.39, 0.29) is 28.2 Å². The van der Waals surface area contributed by atoms with Crippen LogP contribution >= 0.6 is 0 Å². The lowest BCUT2D eigenvalue weighted by Gasteiger charge is -2.51. The van der Waals surface area contributed by atoms with Crippen molar-refractivity contribution < 1.29 is 14.1 Å². The quantitative estimate of drug-likeness (QED) is 0.624. The third kappa shape index (κ3) is 5.38. The van der Waals surface area contributed by atoms with E-state index in [9.17, 15) is 9.35 Å². The Bertz CT molecular complexity index is 475. The molecule has 1 aliphatic rings. The second kappa shape index (κ2) is 6.63. The van der Waals surface area contributed by atoms with Gasteiger partial charge in [0, 0.05) is 12.0 Å². The van der Waals surface area contributed by atoms with Gasteiger partial charge in [0.25, 0.3) is 0 Å². The summed E-state index contributed by atoms with van der Waals surface area (Å²) in [6.45, 7) is 17.4. The van der Waals surface area contributed by atoms with Crippen molar-refractivity contribution in [1.82, 2.24) is 5.32 Å². The van der Waals surface area contributed by atoms with Gasteiger partial charge in [-0.2, -0.15) is 0 Å². The number of carbonyl (C=O) groups is 1. The molecule has 0 aromatic heterocycles. The highest BCUT2D eigenvalue weighted by Gasteiger charge is 2.51. The van der Waals surface area contributed by atoms with Crippen molar-refractivity contribution in [2.45, 2.75) is 85.1 Å². The molecule has 1 saturated carbocycles. The summed E-state index contributed by atoms with van der Waals surface area (Å²) in [5, 5.41) is 2.94. The molecule has 0 spiro atoms. The van der Waals surface area contributed by atoms with Crippen molar-refractivity contribution in [3.63, 3.8) is 0 Å². The number of alkyl carbamates (subject to hydrolysis) is 1. The van der Waals surface area contributed by atoms with Gasteiger partial charge in [-0.1, -0.05) is 18.2 Å². The van der Waals surface area contributed by atoms with Gasteiger partial charge in [0.1, 0.15) is 21.7 Å². The number of nitrogens with one attached hydrogen (secondary N) is 1. The average molecular weight is 345 g/mol. The average Bonchev–Trinajstić information content (AvgIpc) is 2.30. The van der Waals surface area contributed by atoms with Gasteiger partial charge < -0.3 is 14.6 Å². The van der Waals surface area contributed by atoms with E-state index in [0.717, 1.165) is 12.1 Å². The number of hydrogen-bond acceptors (Lipinski definition) is 4. The van der Waals surface area contributed by atoms with Gasteiger partial charge in [0.05, 0.1) is 5.71 Å². The fourth-order valence-corrected chi connectivity index (χ4v) is 3.32. The normalized spacial score (nSPS) is 26.3. The number of amides is 1. The lowest BCUT2D eigenvalue weighted by Crippen LogP contribution is -2.60. The second-order valence-electron chi connectivity index (χ2n) is 8.90. The van der Waals surface area contributed by atoms with E-state index in [1.54, 1.807) is 0 Å². The summed E-state index contributed by atoms with van der Waals surface area (Å²) in [4.78, 5) is 11.9. The molecule has 0 aliphatic heterocycles. The highest BCUT2D eigenvalue weighted by Crippen LogP contribution is 2.47. The minimum Gasteiger partial charge on any atom is -0.591 e. The largest absolute Gasteiger partial charge is 0.591 e. The molecule has 1 aliphatic carbocycles. The van der Waals surface area contributed by atoms with E-state index in [1.165, 1.54) is 0 Å². The minimum absolute atomic E-state index is 0.0376. The molecule has 1 fully saturated rings. The third-order valence-corrected chi connectivity index (χ3v) is 5.72. The third-order valence-electron chi connectivity index (χ3n) is 4.21. The predicted octanol–water partition coefficient (Wildman–Crippen LogP) is 3.85. The van der Waals surface area contributed by atoms with Gasteiger partial charge in [-0.05, 0) is 60.3 Å². The van der Waals surface area contributed by atoms with Crippen molar-refractivity contribution in [3.8, 4) is 0 Å². The molecule has 0 aromatic carbocycles. The molecule has 23 heavy (non-hydrogen) atoms.